The van der Waals surface area contributed by atoms with Gasteiger partial charge in [0.05, 0.1) is 16.6 Å². The molecule has 0 saturated carbocycles. The fraction of sp³-hybridized carbons (Fsp3) is 0.125. The van der Waals surface area contributed by atoms with Crippen molar-refractivity contribution in [1.29, 1.82) is 0 Å². The third-order valence-corrected chi connectivity index (χ3v) is 4.08. The van der Waals surface area contributed by atoms with E-state index in [1.54, 1.807) is 31.3 Å². The molecular weight excluding hydrogens is 322 g/mol. The third kappa shape index (κ3) is 3.45. The molecule has 23 heavy (non-hydrogen) atoms. The Morgan fingerprint density at radius 2 is 1.91 bits per heavy atom. The number of likely N-dealkylation sites (N-methyl/N-ethyl adjacent to an activating group) is 1. The molecule has 0 aliphatic heterocycles. The van der Waals surface area contributed by atoms with E-state index in [4.69, 9.17) is 4.74 Å². The van der Waals surface area contributed by atoms with Crippen LogP contribution in [0.15, 0.2) is 36.4 Å². The van der Waals surface area contributed by atoms with Gasteiger partial charge in [-0.25, -0.2) is 13.8 Å². The molecule has 2 aromatic carbocycles. The number of carbonyl (C=O) groups is 1. The minimum absolute atomic E-state index is 0.0751. The summed E-state index contributed by atoms with van der Waals surface area (Å²) in [5.41, 5.74) is 1.20. The standard InChI is InChI=1S/C16H12F2N2O2S/c1-19-15(21)6-9-2-4-10(5-3-9)22-16-20-13-7-11(17)12(18)8-14(13)23-16/h2-5,7-8H,6H2,1H3,(H,19,21). The smallest absolute Gasteiger partial charge is 0.279 e. The molecule has 0 bridgehead atoms. The normalized spacial score (nSPS) is 10.7. The molecule has 3 rings (SSSR count). The number of benzene rings is 2. The molecule has 118 valence electrons. The number of hydrogen-bond donors (Lipinski definition) is 1. The number of nitrogens with zero attached hydrogens (tertiary/aromatic N) is 1. The second kappa shape index (κ2) is 6.29. The highest BCUT2D eigenvalue weighted by molar-refractivity contribution is 7.20. The molecule has 0 aliphatic carbocycles. The number of hydrogen-bond acceptors (Lipinski definition) is 4. The van der Waals surface area contributed by atoms with Gasteiger partial charge in [-0.2, -0.15) is 0 Å². The summed E-state index contributed by atoms with van der Waals surface area (Å²) in [6.07, 6.45) is 0.288. The van der Waals surface area contributed by atoms with Gasteiger partial charge in [-0.15, -0.1) is 0 Å². The van der Waals surface area contributed by atoms with Crippen molar-refractivity contribution in [2.24, 2.45) is 0 Å². The lowest BCUT2D eigenvalue weighted by Crippen LogP contribution is -2.19. The highest BCUT2D eigenvalue weighted by atomic mass is 32.1. The lowest BCUT2D eigenvalue weighted by molar-refractivity contribution is -0.119. The Hall–Kier alpha value is -2.54. The zero-order valence-electron chi connectivity index (χ0n) is 12.1. The van der Waals surface area contributed by atoms with E-state index in [9.17, 15) is 13.6 Å². The van der Waals surface area contributed by atoms with E-state index >= 15 is 0 Å². The fourth-order valence-electron chi connectivity index (χ4n) is 2.00. The molecule has 1 heterocycles. The monoisotopic (exact) mass is 334 g/mol. The van der Waals surface area contributed by atoms with Crippen LogP contribution in [0.25, 0.3) is 10.2 Å². The van der Waals surface area contributed by atoms with Gasteiger partial charge in [0.1, 0.15) is 5.75 Å². The maximum absolute atomic E-state index is 13.2. The second-order valence-corrected chi connectivity index (χ2v) is 5.80. The van der Waals surface area contributed by atoms with E-state index in [-0.39, 0.29) is 12.3 Å². The fourth-order valence-corrected chi connectivity index (χ4v) is 2.84. The van der Waals surface area contributed by atoms with Gasteiger partial charge >= 0.3 is 0 Å². The largest absolute Gasteiger partial charge is 0.431 e. The van der Waals surface area contributed by atoms with Crippen LogP contribution in [0.5, 0.6) is 10.9 Å². The summed E-state index contributed by atoms with van der Waals surface area (Å²) in [6, 6.07) is 9.12. The Balaban J connectivity index is 1.77. The first kappa shape index (κ1) is 15.4. The van der Waals surface area contributed by atoms with Gasteiger partial charge in [-0.1, -0.05) is 23.5 Å². The van der Waals surface area contributed by atoms with E-state index in [1.807, 2.05) is 0 Å². The van der Waals surface area contributed by atoms with Gasteiger partial charge in [0.2, 0.25) is 5.91 Å². The number of thiazole rings is 1. The van der Waals surface area contributed by atoms with Gasteiger partial charge < -0.3 is 10.1 Å². The molecule has 0 spiro atoms. The molecule has 1 N–H and O–H groups in total. The quantitative estimate of drug-likeness (QED) is 0.792. The summed E-state index contributed by atoms with van der Waals surface area (Å²) >= 11 is 1.13. The number of halogens is 2. The van der Waals surface area contributed by atoms with Gasteiger partial charge in [0.25, 0.3) is 5.19 Å². The molecule has 0 aliphatic rings. The maximum Gasteiger partial charge on any atom is 0.279 e. The number of carbonyl (C=O) groups excluding carboxylic acids is 1. The van der Waals surface area contributed by atoms with Crippen molar-refractivity contribution in [2.75, 3.05) is 7.05 Å². The van der Waals surface area contributed by atoms with Crippen LogP contribution in [0.4, 0.5) is 8.78 Å². The van der Waals surface area contributed by atoms with Gasteiger partial charge in [0, 0.05) is 13.1 Å². The van der Waals surface area contributed by atoms with Crippen LogP contribution in [0.2, 0.25) is 0 Å². The summed E-state index contributed by atoms with van der Waals surface area (Å²) in [5.74, 6) is -1.39. The number of rotatable bonds is 4. The molecule has 0 atom stereocenters. The Labute approximate surface area is 134 Å². The van der Waals surface area contributed by atoms with Crippen LogP contribution >= 0.6 is 11.3 Å². The number of nitrogens with one attached hydrogen (secondary N) is 1. The molecule has 0 fully saturated rings. The van der Waals surface area contributed by atoms with E-state index in [1.165, 1.54) is 0 Å². The van der Waals surface area contributed by atoms with Crippen molar-refractivity contribution >= 4 is 27.5 Å². The van der Waals surface area contributed by atoms with Gasteiger partial charge in [0.15, 0.2) is 11.6 Å². The molecule has 1 amide bonds. The number of fused-ring (bicyclic) bond motifs is 1. The predicted molar refractivity (Wildman–Crippen MR) is 83.8 cm³/mol. The second-order valence-electron chi connectivity index (χ2n) is 4.81. The summed E-state index contributed by atoms with van der Waals surface area (Å²) in [4.78, 5) is 15.4. The molecular formula is C16H12F2N2O2S. The molecule has 3 aromatic rings. The van der Waals surface area contributed by atoms with Crippen molar-refractivity contribution in [1.82, 2.24) is 10.3 Å². The molecule has 0 unspecified atom stereocenters. The van der Waals surface area contributed by atoms with Crippen molar-refractivity contribution in [3.8, 4) is 10.9 Å². The SMILES string of the molecule is CNC(=O)Cc1ccc(Oc2nc3cc(F)c(F)cc3s2)cc1. The minimum atomic E-state index is -0.937. The average molecular weight is 334 g/mol. The van der Waals surface area contributed by atoms with E-state index in [0.29, 0.717) is 21.2 Å². The van der Waals surface area contributed by atoms with Crippen LogP contribution in [-0.2, 0) is 11.2 Å². The number of aromatic nitrogens is 1. The first-order valence-electron chi connectivity index (χ1n) is 6.78. The van der Waals surface area contributed by atoms with Crippen LogP contribution in [0.3, 0.4) is 0 Å². The maximum atomic E-state index is 13.2. The van der Waals surface area contributed by atoms with Crippen LogP contribution in [0.1, 0.15) is 5.56 Å². The zero-order chi connectivity index (χ0) is 16.4. The highest BCUT2D eigenvalue weighted by Crippen LogP contribution is 2.32. The van der Waals surface area contributed by atoms with E-state index < -0.39 is 11.6 Å². The van der Waals surface area contributed by atoms with E-state index in [0.717, 1.165) is 29.0 Å². The number of ether oxygens (including phenoxy) is 1. The summed E-state index contributed by atoms with van der Waals surface area (Å²) in [7, 11) is 1.58. The highest BCUT2D eigenvalue weighted by Gasteiger charge is 2.11. The molecule has 7 heteroatoms. The molecule has 0 saturated heterocycles. The lowest BCUT2D eigenvalue weighted by atomic mass is 10.1. The topological polar surface area (TPSA) is 51.2 Å². The molecule has 0 radical (unpaired) electrons. The van der Waals surface area contributed by atoms with Crippen LogP contribution in [-0.4, -0.2) is 17.9 Å². The van der Waals surface area contributed by atoms with Gasteiger partial charge in [-0.3, -0.25) is 4.79 Å². The minimum Gasteiger partial charge on any atom is -0.431 e. The van der Waals surface area contributed by atoms with Crippen LogP contribution in [0, 0.1) is 11.6 Å². The van der Waals surface area contributed by atoms with Crippen molar-refractivity contribution in [3.63, 3.8) is 0 Å². The Morgan fingerprint density at radius 3 is 2.61 bits per heavy atom. The Kier molecular flexibility index (Phi) is 4.20. The number of amides is 1. The Bertz CT molecular complexity index is 823. The van der Waals surface area contributed by atoms with E-state index in [2.05, 4.69) is 10.3 Å². The van der Waals surface area contributed by atoms with Crippen molar-refractivity contribution < 1.29 is 18.3 Å². The van der Waals surface area contributed by atoms with Gasteiger partial charge in [-0.05, 0) is 23.8 Å². The first-order chi connectivity index (χ1) is 11.0. The third-order valence-electron chi connectivity index (χ3n) is 3.18. The van der Waals surface area contributed by atoms with Crippen molar-refractivity contribution in [2.45, 2.75) is 6.42 Å². The molecule has 4 nitrogen and oxygen atoms in total. The Morgan fingerprint density at radius 1 is 1.22 bits per heavy atom. The van der Waals surface area contributed by atoms with Crippen LogP contribution < -0.4 is 10.1 Å². The summed E-state index contributed by atoms with van der Waals surface area (Å²) in [5, 5.41) is 2.85. The summed E-state index contributed by atoms with van der Waals surface area (Å²) < 4.78 is 32.5. The summed E-state index contributed by atoms with van der Waals surface area (Å²) in [6.45, 7) is 0. The average Bonchev–Trinajstić information content (AvgIpc) is 2.90. The predicted octanol–water partition coefficient (Wildman–Crippen LogP) is 3.66. The lowest BCUT2D eigenvalue weighted by Gasteiger charge is -2.03. The first-order valence-corrected chi connectivity index (χ1v) is 7.60. The van der Waals surface area contributed by atoms with Crippen molar-refractivity contribution in [3.05, 3.63) is 53.6 Å². The zero-order valence-corrected chi connectivity index (χ0v) is 12.9. The molecule has 1 aromatic heterocycles.